The molecule has 1 aromatic rings. The SMILES string of the molecule is C=CCOC(=O)[C@]12C=C[C@H](CC(=O)[C@@H]1N1C(=O)OC[C@H]1c1ccccc1)O2. The van der Waals surface area contributed by atoms with Crippen LogP contribution in [-0.4, -0.2) is 53.7 Å². The van der Waals surface area contributed by atoms with Gasteiger partial charge in [0.25, 0.3) is 0 Å². The summed E-state index contributed by atoms with van der Waals surface area (Å²) in [6, 6.07) is 7.60. The quantitative estimate of drug-likeness (QED) is 0.583. The van der Waals surface area contributed by atoms with Crippen LogP contribution in [0.1, 0.15) is 18.0 Å². The van der Waals surface area contributed by atoms with Crippen LogP contribution >= 0.6 is 0 Å². The molecule has 7 heteroatoms. The number of nitrogens with zero attached hydrogens (tertiary/aromatic N) is 1. The van der Waals surface area contributed by atoms with Gasteiger partial charge in [0.1, 0.15) is 19.3 Å². The number of ketones is 1. The van der Waals surface area contributed by atoms with E-state index < -0.39 is 35.9 Å². The largest absolute Gasteiger partial charge is 0.459 e. The predicted molar refractivity (Wildman–Crippen MR) is 93.7 cm³/mol. The number of hydrogen-bond acceptors (Lipinski definition) is 6. The fraction of sp³-hybridized carbons (Fsp3) is 0.350. The second-order valence-corrected chi connectivity index (χ2v) is 6.68. The van der Waals surface area contributed by atoms with Crippen molar-refractivity contribution in [3.8, 4) is 0 Å². The fourth-order valence-electron chi connectivity index (χ4n) is 3.88. The molecule has 0 aromatic heterocycles. The first-order valence-corrected chi connectivity index (χ1v) is 8.75. The van der Waals surface area contributed by atoms with Crippen LogP contribution in [0.15, 0.2) is 55.1 Å². The highest BCUT2D eigenvalue weighted by atomic mass is 16.6. The first kappa shape index (κ1) is 17.5. The first-order valence-electron chi connectivity index (χ1n) is 8.75. The molecule has 140 valence electrons. The highest BCUT2D eigenvalue weighted by Crippen LogP contribution is 2.43. The van der Waals surface area contributed by atoms with Gasteiger partial charge in [-0.1, -0.05) is 49.1 Å². The Labute approximate surface area is 156 Å². The third kappa shape index (κ3) is 2.75. The average Bonchev–Trinajstić information content (AvgIpc) is 3.23. The summed E-state index contributed by atoms with van der Waals surface area (Å²) in [5.74, 6) is -0.975. The van der Waals surface area contributed by atoms with E-state index >= 15 is 0 Å². The van der Waals surface area contributed by atoms with Gasteiger partial charge in [-0.15, -0.1) is 0 Å². The highest BCUT2D eigenvalue weighted by Gasteiger charge is 2.62. The molecule has 1 amide bonds. The number of hydrogen-bond donors (Lipinski definition) is 0. The summed E-state index contributed by atoms with van der Waals surface area (Å²) in [6.07, 6.45) is 3.57. The zero-order valence-electron chi connectivity index (χ0n) is 14.6. The zero-order valence-corrected chi connectivity index (χ0v) is 14.6. The van der Waals surface area contributed by atoms with Gasteiger partial charge < -0.3 is 14.2 Å². The maximum Gasteiger partial charge on any atom is 0.411 e. The molecule has 2 saturated heterocycles. The molecule has 4 atom stereocenters. The predicted octanol–water partition coefficient (Wildman–Crippen LogP) is 1.94. The van der Waals surface area contributed by atoms with Crippen molar-refractivity contribution >= 4 is 17.8 Å². The van der Waals surface area contributed by atoms with Crippen LogP contribution in [0, 0.1) is 0 Å². The lowest BCUT2D eigenvalue weighted by atomic mass is 9.86. The van der Waals surface area contributed by atoms with E-state index in [2.05, 4.69) is 6.58 Å². The first-order chi connectivity index (χ1) is 13.1. The summed E-state index contributed by atoms with van der Waals surface area (Å²) in [6.45, 7) is 3.60. The minimum Gasteiger partial charge on any atom is -0.459 e. The lowest BCUT2D eigenvalue weighted by Crippen LogP contribution is -2.64. The summed E-state index contributed by atoms with van der Waals surface area (Å²) in [5.41, 5.74) is -0.853. The van der Waals surface area contributed by atoms with Gasteiger partial charge in [0.2, 0.25) is 5.60 Å². The molecule has 27 heavy (non-hydrogen) atoms. The minimum absolute atomic E-state index is 0.0179. The maximum absolute atomic E-state index is 13.0. The highest BCUT2D eigenvalue weighted by molar-refractivity contribution is 6.00. The van der Waals surface area contributed by atoms with Crippen molar-refractivity contribution in [3.05, 3.63) is 60.7 Å². The number of fused-ring (bicyclic) bond motifs is 2. The minimum atomic E-state index is -1.67. The van der Waals surface area contributed by atoms with Gasteiger partial charge in [-0.25, -0.2) is 9.59 Å². The van der Waals surface area contributed by atoms with Crippen LogP contribution in [0.3, 0.4) is 0 Å². The average molecular weight is 369 g/mol. The van der Waals surface area contributed by atoms with Crippen LogP contribution in [0.5, 0.6) is 0 Å². The number of amides is 1. The fourth-order valence-corrected chi connectivity index (χ4v) is 3.88. The van der Waals surface area contributed by atoms with Gasteiger partial charge in [-0.2, -0.15) is 0 Å². The van der Waals surface area contributed by atoms with Gasteiger partial charge in [-0.3, -0.25) is 9.69 Å². The molecule has 2 bridgehead atoms. The van der Waals surface area contributed by atoms with E-state index in [9.17, 15) is 14.4 Å². The van der Waals surface area contributed by atoms with Crippen molar-refractivity contribution in [2.24, 2.45) is 0 Å². The van der Waals surface area contributed by atoms with E-state index in [1.807, 2.05) is 30.3 Å². The van der Waals surface area contributed by atoms with Crippen LogP contribution in [0.4, 0.5) is 4.79 Å². The number of carbonyl (C=O) groups is 3. The van der Waals surface area contributed by atoms with Gasteiger partial charge in [-0.05, 0) is 11.6 Å². The van der Waals surface area contributed by atoms with E-state index in [1.165, 1.54) is 17.1 Å². The molecule has 0 aliphatic carbocycles. The number of Topliss-reactive ketones (excluding diaryl/α,β-unsaturated/α-hetero) is 1. The van der Waals surface area contributed by atoms with Crippen molar-refractivity contribution in [3.63, 3.8) is 0 Å². The number of benzene rings is 1. The Morgan fingerprint density at radius 3 is 2.85 bits per heavy atom. The number of cyclic esters (lactones) is 1. The molecule has 3 heterocycles. The Morgan fingerprint density at radius 2 is 2.11 bits per heavy atom. The molecule has 3 aliphatic rings. The molecule has 4 rings (SSSR count). The molecular weight excluding hydrogens is 350 g/mol. The molecule has 1 aromatic carbocycles. The molecular formula is C20H19NO6. The van der Waals surface area contributed by atoms with Crippen LogP contribution < -0.4 is 0 Å². The molecule has 0 saturated carbocycles. The Morgan fingerprint density at radius 1 is 1.33 bits per heavy atom. The third-order valence-electron chi connectivity index (χ3n) is 5.04. The van der Waals surface area contributed by atoms with Crippen molar-refractivity contribution in [1.29, 1.82) is 0 Å². The monoisotopic (exact) mass is 369 g/mol. The second-order valence-electron chi connectivity index (χ2n) is 6.68. The molecule has 0 radical (unpaired) electrons. The number of esters is 1. The van der Waals surface area contributed by atoms with Crippen molar-refractivity contribution in [1.82, 2.24) is 4.90 Å². The summed E-state index contributed by atoms with van der Waals surface area (Å²) < 4.78 is 16.3. The number of ether oxygens (including phenoxy) is 3. The molecule has 0 unspecified atom stereocenters. The van der Waals surface area contributed by atoms with E-state index in [-0.39, 0.29) is 25.4 Å². The van der Waals surface area contributed by atoms with Crippen molar-refractivity contribution < 1.29 is 28.6 Å². The van der Waals surface area contributed by atoms with E-state index in [0.717, 1.165) is 5.56 Å². The summed E-state index contributed by atoms with van der Waals surface area (Å²) >= 11 is 0. The Hall–Kier alpha value is -2.93. The molecule has 3 aliphatic heterocycles. The smallest absolute Gasteiger partial charge is 0.411 e. The number of carbonyl (C=O) groups excluding carboxylic acids is 3. The molecule has 0 spiro atoms. The van der Waals surface area contributed by atoms with E-state index in [4.69, 9.17) is 14.2 Å². The van der Waals surface area contributed by atoms with Crippen molar-refractivity contribution in [2.75, 3.05) is 13.2 Å². The van der Waals surface area contributed by atoms with Gasteiger partial charge in [0.05, 0.1) is 12.1 Å². The maximum atomic E-state index is 13.0. The molecule has 2 fully saturated rings. The van der Waals surface area contributed by atoms with E-state index in [0.29, 0.717) is 0 Å². The van der Waals surface area contributed by atoms with E-state index in [1.54, 1.807) is 6.08 Å². The van der Waals surface area contributed by atoms with Crippen LogP contribution in [0.25, 0.3) is 0 Å². The topological polar surface area (TPSA) is 82.1 Å². The lowest BCUT2D eigenvalue weighted by Gasteiger charge is -2.42. The Bertz CT molecular complexity index is 819. The summed E-state index contributed by atoms with van der Waals surface area (Å²) in [7, 11) is 0. The molecule has 0 N–H and O–H groups in total. The second kappa shape index (κ2) is 6.66. The van der Waals surface area contributed by atoms with Crippen molar-refractivity contribution in [2.45, 2.75) is 30.2 Å². The van der Waals surface area contributed by atoms with Crippen LogP contribution in [-0.2, 0) is 23.8 Å². The third-order valence-corrected chi connectivity index (χ3v) is 5.04. The summed E-state index contributed by atoms with van der Waals surface area (Å²) in [5, 5.41) is 0. The van der Waals surface area contributed by atoms with Crippen LogP contribution in [0.2, 0.25) is 0 Å². The van der Waals surface area contributed by atoms with Gasteiger partial charge >= 0.3 is 12.1 Å². The standard InChI is InChI=1S/C20H19NO6/c1-2-10-25-18(23)20-9-8-14(27-20)11-16(22)17(20)21-15(12-26-19(21)24)13-6-4-3-5-7-13/h2-9,14-15,17H,1,10-12H2/t14-,15+,17+,20+/m1/s1. The van der Waals surface area contributed by atoms with Gasteiger partial charge in [0, 0.05) is 6.42 Å². The normalized spacial score (nSPS) is 31.7. The zero-order chi connectivity index (χ0) is 19.0. The lowest BCUT2D eigenvalue weighted by molar-refractivity contribution is -0.184. The Balaban J connectivity index is 1.75. The van der Waals surface area contributed by atoms with Gasteiger partial charge in [0.15, 0.2) is 5.78 Å². The molecule has 7 nitrogen and oxygen atoms in total. The Kier molecular flexibility index (Phi) is 4.31. The summed E-state index contributed by atoms with van der Waals surface area (Å²) in [4.78, 5) is 39.7. The number of rotatable bonds is 5.